The summed E-state index contributed by atoms with van der Waals surface area (Å²) in [6, 6.07) is 16.6. The van der Waals surface area contributed by atoms with E-state index in [-0.39, 0.29) is 6.04 Å². The van der Waals surface area contributed by atoms with Gasteiger partial charge in [0, 0.05) is 17.8 Å². The average Bonchev–Trinajstić information content (AvgIpc) is 2.56. The summed E-state index contributed by atoms with van der Waals surface area (Å²) in [5.41, 5.74) is 3.20. The van der Waals surface area contributed by atoms with Gasteiger partial charge in [0.2, 0.25) is 0 Å². The number of nitrogens with zero attached hydrogens (tertiary/aromatic N) is 2. The summed E-state index contributed by atoms with van der Waals surface area (Å²) in [5, 5.41) is 5.52. The van der Waals surface area contributed by atoms with E-state index < -0.39 is 0 Å². The Labute approximate surface area is 124 Å². The Balaban J connectivity index is 2.21. The summed E-state index contributed by atoms with van der Waals surface area (Å²) < 4.78 is 0. The minimum atomic E-state index is 0.0799. The summed E-state index contributed by atoms with van der Waals surface area (Å²) in [4.78, 5) is 8.48. The average molecular weight is 275 g/mol. The van der Waals surface area contributed by atoms with Crippen LogP contribution < -0.4 is 5.32 Å². The van der Waals surface area contributed by atoms with Crippen LogP contribution in [0.15, 0.2) is 65.9 Å². The van der Waals surface area contributed by atoms with Crippen molar-refractivity contribution >= 4 is 23.2 Å². The van der Waals surface area contributed by atoms with Gasteiger partial charge in [0.1, 0.15) is 0 Å². The molecule has 1 N–H and O–H groups in total. The van der Waals surface area contributed by atoms with Crippen LogP contribution in [0.5, 0.6) is 0 Å². The molecule has 0 bridgehead atoms. The van der Waals surface area contributed by atoms with E-state index in [2.05, 4.69) is 46.3 Å². The lowest BCUT2D eigenvalue weighted by molar-refractivity contribution is 0.693. The van der Waals surface area contributed by atoms with Gasteiger partial charge >= 0.3 is 0 Å². The number of aromatic nitrogens is 1. The van der Waals surface area contributed by atoms with Crippen molar-refractivity contribution in [3.63, 3.8) is 0 Å². The molecule has 0 radical (unpaired) electrons. The zero-order valence-electron chi connectivity index (χ0n) is 12.0. The van der Waals surface area contributed by atoms with Crippen LogP contribution in [0.4, 0.5) is 5.69 Å². The largest absolute Gasteiger partial charge is 0.309 e. The number of hydrogen-bond donors (Lipinski definition) is 1. The molecule has 0 saturated carbocycles. The first-order valence-corrected chi connectivity index (χ1v) is 6.90. The quantitative estimate of drug-likeness (QED) is 0.734. The predicted molar refractivity (Wildman–Crippen MR) is 88.3 cm³/mol. The van der Waals surface area contributed by atoms with E-state index in [4.69, 9.17) is 0 Å². The van der Waals surface area contributed by atoms with Crippen molar-refractivity contribution in [2.45, 2.75) is 6.04 Å². The number of benzene rings is 2. The molecule has 0 fully saturated rings. The molecule has 3 nitrogen and oxygen atoms in total. The number of hydrogen-bond acceptors (Lipinski definition) is 3. The molecule has 0 aliphatic carbocycles. The van der Waals surface area contributed by atoms with Crippen molar-refractivity contribution in [2.24, 2.45) is 4.99 Å². The highest BCUT2D eigenvalue weighted by atomic mass is 14.9. The van der Waals surface area contributed by atoms with E-state index in [1.54, 1.807) is 6.20 Å². The Bertz CT molecular complexity index is 766. The number of rotatable bonds is 4. The molecular weight excluding hydrogens is 258 g/mol. The third-order valence-electron chi connectivity index (χ3n) is 3.72. The summed E-state index contributed by atoms with van der Waals surface area (Å²) in [7, 11) is 1.96. The maximum atomic E-state index is 4.26. The van der Waals surface area contributed by atoms with Crippen LogP contribution in [0, 0.1) is 0 Å². The smallest absolute Gasteiger partial charge is 0.0767 e. The van der Waals surface area contributed by atoms with E-state index in [0.29, 0.717) is 0 Å². The van der Waals surface area contributed by atoms with Gasteiger partial charge in [-0.2, -0.15) is 0 Å². The molecule has 3 rings (SSSR count). The van der Waals surface area contributed by atoms with Crippen LogP contribution >= 0.6 is 0 Å². The Hall–Kier alpha value is -2.52. The van der Waals surface area contributed by atoms with Crippen molar-refractivity contribution < 1.29 is 0 Å². The Kier molecular flexibility index (Phi) is 3.75. The van der Waals surface area contributed by atoms with Gasteiger partial charge in [-0.1, -0.05) is 42.5 Å². The van der Waals surface area contributed by atoms with Gasteiger partial charge in [0.15, 0.2) is 0 Å². The summed E-state index contributed by atoms with van der Waals surface area (Å²) in [6.07, 6.45) is 3.64. The molecule has 0 amide bonds. The first kappa shape index (κ1) is 13.5. The fourth-order valence-corrected chi connectivity index (χ4v) is 2.72. The Morgan fingerprint density at radius 2 is 1.90 bits per heavy atom. The predicted octanol–water partition coefficient (Wildman–Crippen LogP) is 3.88. The van der Waals surface area contributed by atoms with E-state index >= 15 is 0 Å². The summed E-state index contributed by atoms with van der Waals surface area (Å²) in [6.45, 7) is 3.75. The second kappa shape index (κ2) is 5.85. The maximum Gasteiger partial charge on any atom is 0.0767 e. The number of nitrogens with one attached hydrogen (secondary N) is 1. The standard InChI is InChI=1S/C18H17N3/c1-19-17(14-6-4-3-5-7-14)15-9-8-13-10-11-21-12-16(13)18(15)20-2/h3-12,17,19H,2H2,1H3. The molecule has 0 spiro atoms. The second-order valence-corrected chi connectivity index (χ2v) is 4.89. The third-order valence-corrected chi connectivity index (χ3v) is 3.72. The lowest BCUT2D eigenvalue weighted by atomic mass is 9.95. The number of pyridine rings is 1. The molecule has 2 aromatic carbocycles. The molecule has 0 saturated heterocycles. The molecule has 1 unspecified atom stereocenters. The zero-order valence-corrected chi connectivity index (χ0v) is 12.0. The van der Waals surface area contributed by atoms with Gasteiger partial charge in [-0.3, -0.25) is 9.98 Å². The van der Waals surface area contributed by atoms with Gasteiger partial charge < -0.3 is 5.32 Å². The highest BCUT2D eigenvalue weighted by Crippen LogP contribution is 2.35. The van der Waals surface area contributed by atoms with Crippen molar-refractivity contribution in [1.29, 1.82) is 0 Å². The number of fused-ring (bicyclic) bond motifs is 1. The van der Waals surface area contributed by atoms with Crippen LogP contribution in [0.3, 0.4) is 0 Å². The monoisotopic (exact) mass is 275 g/mol. The SMILES string of the molecule is C=Nc1c(C(NC)c2ccccc2)ccc2ccncc12. The van der Waals surface area contributed by atoms with Gasteiger partial charge in [-0.05, 0) is 36.3 Å². The van der Waals surface area contributed by atoms with E-state index in [1.165, 1.54) is 5.56 Å². The van der Waals surface area contributed by atoms with Crippen molar-refractivity contribution in [3.8, 4) is 0 Å². The van der Waals surface area contributed by atoms with Gasteiger partial charge in [0.05, 0.1) is 11.7 Å². The molecule has 0 aliphatic rings. The van der Waals surface area contributed by atoms with E-state index in [9.17, 15) is 0 Å². The highest BCUT2D eigenvalue weighted by molar-refractivity contribution is 5.94. The second-order valence-electron chi connectivity index (χ2n) is 4.89. The molecule has 3 heteroatoms. The molecule has 1 aromatic heterocycles. The minimum absolute atomic E-state index is 0.0799. The molecule has 21 heavy (non-hydrogen) atoms. The van der Waals surface area contributed by atoms with Gasteiger partial charge in [-0.25, -0.2) is 0 Å². The molecule has 104 valence electrons. The van der Waals surface area contributed by atoms with Crippen molar-refractivity contribution in [3.05, 3.63) is 72.1 Å². The van der Waals surface area contributed by atoms with Gasteiger partial charge in [0.25, 0.3) is 0 Å². The van der Waals surface area contributed by atoms with Crippen molar-refractivity contribution in [2.75, 3.05) is 7.05 Å². The topological polar surface area (TPSA) is 37.3 Å². The summed E-state index contributed by atoms with van der Waals surface area (Å²) in [5.74, 6) is 0. The molecular formula is C18H17N3. The molecule has 3 aromatic rings. The number of aliphatic imine (C=N–C) groups is 1. The highest BCUT2D eigenvalue weighted by Gasteiger charge is 2.17. The van der Waals surface area contributed by atoms with Gasteiger partial charge in [-0.15, -0.1) is 0 Å². The molecule has 1 atom stereocenters. The Morgan fingerprint density at radius 1 is 1.10 bits per heavy atom. The van der Waals surface area contributed by atoms with Crippen molar-refractivity contribution in [1.82, 2.24) is 10.3 Å². The first-order chi connectivity index (χ1) is 10.3. The van der Waals surface area contributed by atoms with Crippen LogP contribution in [-0.2, 0) is 0 Å². The van der Waals surface area contributed by atoms with E-state index in [0.717, 1.165) is 22.0 Å². The maximum absolute atomic E-state index is 4.26. The molecule has 0 aliphatic heterocycles. The normalized spacial score (nSPS) is 12.2. The van der Waals surface area contributed by atoms with Crippen LogP contribution in [0.25, 0.3) is 10.8 Å². The lowest BCUT2D eigenvalue weighted by Crippen LogP contribution is -2.17. The third kappa shape index (κ3) is 2.43. The zero-order chi connectivity index (χ0) is 14.7. The fourth-order valence-electron chi connectivity index (χ4n) is 2.72. The summed E-state index contributed by atoms with van der Waals surface area (Å²) >= 11 is 0. The molecule has 1 heterocycles. The van der Waals surface area contributed by atoms with Crippen LogP contribution in [-0.4, -0.2) is 18.7 Å². The first-order valence-electron chi connectivity index (χ1n) is 6.90. The van der Waals surface area contributed by atoms with E-state index in [1.807, 2.05) is 37.5 Å². The fraction of sp³-hybridized carbons (Fsp3) is 0.111. The van der Waals surface area contributed by atoms with Crippen LogP contribution in [0.1, 0.15) is 17.2 Å². The Morgan fingerprint density at radius 3 is 2.62 bits per heavy atom. The minimum Gasteiger partial charge on any atom is -0.309 e. The lowest BCUT2D eigenvalue weighted by Gasteiger charge is -2.20. The van der Waals surface area contributed by atoms with Crippen LogP contribution in [0.2, 0.25) is 0 Å².